The van der Waals surface area contributed by atoms with E-state index < -0.39 is 0 Å². The lowest BCUT2D eigenvalue weighted by Crippen LogP contribution is -2.41. The molecule has 1 amide bonds. The molecule has 1 atom stereocenters. The summed E-state index contributed by atoms with van der Waals surface area (Å²) < 4.78 is 0. The Morgan fingerprint density at radius 3 is 2.36 bits per heavy atom. The number of hydrogen-bond acceptors (Lipinski definition) is 3. The van der Waals surface area contributed by atoms with Crippen LogP contribution in [0, 0.1) is 11.3 Å². The Bertz CT molecular complexity index is 186. The SMILES string of the molecule is CC.CCCN(C(=O)CN)C(C)C#N. The summed E-state index contributed by atoms with van der Waals surface area (Å²) in [4.78, 5) is 12.7. The van der Waals surface area contributed by atoms with Crippen LogP contribution < -0.4 is 5.73 Å². The van der Waals surface area contributed by atoms with Crippen LogP contribution >= 0.6 is 0 Å². The number of amides is 1. The highest BCUT2D eigenvalue weighted by Crippen LogP contribution is 1.99. The highest BCUT2D eigenvalue weighted by atomic mass is 16.2. The third kappa shape index (κ3) is 5.55. The average Bonchev–Trinajstić information content (AvgIpc) is 2.26. The molecule has 0 aromatic carbocycles. The van der Waals surface area contributed by atoms with E-state index in [0.717, 1.165) is 6.42 Å². The molecular formula is C10H21N3O. The highest BCUT2D eigenvalue weighted by Gasteiger charge is 2.16. The molecule has 0 heterocycles. The van der Waals surface area contributed by atoms with Crippen molar-refractivity contribution in [3.63, 3.8) is 0 Å². The first-order chi connectivity index (χ1) is 6.67. The number of rotatable bonds is 4. The number of nitrogens with zero attached hydrogens (tertiary/aromatic N) is 2. The summed E-state index contributed by atoms with van der Waals surface area (Å²) in [6.07, 6.45) is 0.845. The second-order valence-corrected chi connectivity index (χ2v) is 2.60. The molecule has 0 aromatic rings. The Balaban J connectivity index is 0. The molecule has 4 nitrogen and oxygen atoms in total. The normalized spacial score (nSPS) is 10.6. The molecule has 0 aliphatic heterocycles. The first-order valence-corrected chi connectivity index (χ1v) is 5.06. The highest BCUT2D eigenvalue weighted by molar-refractivity contribution is 5.78. The quantitative estimate of drug-likeness (QED) is 0.737. The fraction of sp³-hybridized carbons (Fsp3) is 0.800. The molecule has 0 saturated carbocycles. The summed E-state index contributed by atoms with van der Waals surface area (Å²) in [6.45, 7) is 8.24. The van der Waals surface area contributed by atoms with Crippen LogP contribution in [0.2, 0.25) is 0 Å². The van der Waals surface area contributed by atoms with E-state index in [1.54, 1.807) is 6.92 Å². The zero-order chi connectivity index (χ0) is 11.6. The van der Waals surface area contributed by atoms with Crippen molar-refractivity contribution in [1.82, 2.24) is 4.90 Å². The molecule has 2 N–H and O–H groups in total. The Kier molecular flexibility index (Phi) is 11.0. The molecule has 14 heavy (non-hydrogen) atoms. The predicted octanol–water partition coefficient (Wildman–Crippen LogP) is 1.12. The van der Waals surface area contributed by atoms with Crippen LogP contribution in [0.4, 0.5) is 0 Å². The van der Waals surface area contributed by atoms with Gasteiger partial charge in [-0.3, -0.25) is 4.79 Å². The first kappa shape index (κ1) is 15.4. The van der Waals surface area contributed by atoms with E-state index in [1.807, 2.05) is 26.8 Å². The van der Waals surface area contributed by atoms with Gasteiger partial charge in [-0.05, 0) is 13.3 Å². The standard InChI is InChI=1S/C8H15N3O.C2H6/c1-3-4-11(7(2)5-9)8(12)6-10;1-2/h7H,3-4,6,10H2,1-2H3;1-2H3. The van der Waals surface area contributed by atoms with Gasteiger partial charge in [-0.25, -0.2) is 0 Å². The number of nitriles is 1. The van der Waals surface area contributed by atoms with Crippen LogP contribution in [0.1, 0.15) is 34.1 Å². The second kappa shape index (κ2) is 10.0. The van der Waals surface area contributed by atoms with Gasteiger partial charge in [-0.1, -0.05) is 20.8 Å². The summed E-state index contributed by atoms with van der Waals surface area (Å²) in [6, 6.07) is 1.64. The van der Waals surface area contributed by atoms with Crippen molar-refractivity contribution in [2.24, 2.45) is 5.73 Å². The van der Waals surface area contributed by atoms with Crippen molar-refractivity contribution in [1.29, 1.82) is 5.26 Å². The molecule has 0 aromatic heterocycles. The summed E-state index contributed by atoms with van der Waals surface area (Å²) in [7, 11) is 0. The van der Waals surface area contributed by atoms with E-state index in [-0.39, 0.29) is 18.5 Å². The molecule has 0 spiro atoms. The van der Waals surface area contributed by atoms with Crippen LogP contribution in [0.3, 0.4) is 0 Å². The van der Waals surface area contributed by atoms with E-state index in [4.69, 9.17) is 11.0 Å². The summed E-state index contributed by atoms with van der Waals surface area (Å²) in [5.41, 5.74) is 5.20. The molecule has 0 radical (unpaired) electrons. The summed E-state index contributed by atoms with van der Waals surface area (Å²) in [5.74, 6) is -0.161. The largest absolute Gasteiger partial charge is 0.326 e. The van der Waals surface area contributed by atoms with E-state index in [2.05, 4.69) is 0 Å². The minimum Gasteiger partial charge on any atom is -0.326 e. The molecule has 0 fully saturated rings. The molecule has 1 unspecified atom stereocenters. The minimum atomic E-state index is -0.374. The van der Waals surface area contributed by atoms with Gasteiger partial charge < -0.3 is 10.6 Å². The van der Waals surface area contributed by atoms with Crippen LogP contribution in [-0.4, -0.2) is 29.9 Å². The third-order valence-electron chi connectivity index (χ3n) is 1.61. The number of carbonyl (C=O) groups is 1. The summed E-state index contributed by atoms with van der Waals surface area (Å²) >= 11 is 0. The number of nitrogens with two attached hydrogens (primary N) is 1. The van der Waals surface area contributed by atoms with Crippen molar-refractivity contribution in [3.05, 3.63) is 0 Å². The number of carbonyl (C=O) groups excluding carboxylic acids is 1. The molecular weight excluding hydrogens is 178 g/mol. The van der Waals surface area contributed by atoms with E-state index in [0.29, 0.717) is 6.54 Å². The van der Waals surface area contributed by atoms with Crippen molar-refractivity contribution < 1.29 is 4.79 Å². The molecule has 0 rings (SSSR count). The minimum absolute atomic E-state index is 0.0218. The number of hydrogen-bond donors (Lipinski definition) is 1. The van der Waals surface area contributed by atoms with Crippen LogP contribution in [0.15, 0.2) is 0 Å². The lowest BCUT2D eigenvalue weighted by molar-refractivity contribution is -0.130. The zero-order valence-corrected chi connectivity index (χ0v) is 9.58. The van der Waals surface area contributed by atoms with Gasteiger partial charge in [0.1, 0.15) is 6.04 Å². The molecule has 82 valence electrons. The molecule has 0 bridgehead atoms. The second-order valence-electron chi connectivity index (χ2n) is 2.60. The fourth-order valence-electron chi connectivity index (χ4n) is 0.962. The maximum atomic E-state index is 11.2. The van der Waals surface area contributed by atoms with Crippen LogP contribution in [0.25, 0.3) is 0 Å². The molecule has 0 saturated heterocycles. The van der Waals surface area contributed by atoms with Gasteiger partial charge in [0.05, 0.1) is 12.6 Å². The Labute approximate surface area is 86.7 Å². The fourth-order valence-corrected chi connectivity index (χ4v) is 0.962. The van der Waals surface area contributed by atoms with Crippen LogP contribution in [-0.2, 0) is 4.79 Å². The molecule has 0 aliphatic rings. The van der Waals surface area contributed by atoms with Gasteiger partial charge in [-0.2, -0.15) is 5.26 Å². The van der Waals surface area contributed by atoms with E-state index in [1.165, 1.54) is 4.90 Å². The Hall–Kier alpha value is -1.08. The topological polar surface area (TPSA) is 70.1 Å². The Morgan fingerprint density at radius 2 is 2.07 bits per heavy atom. The van der Waals surface area contributed by atoms with E-state index in [9.17, 15) is 4.79 Å². The van der Waals surface area contributed by atoms with Gasteiger partial charge in [0.25, 0.3) is 0 Å². The smallest absolute Gasteiger partial charge is 0.237 e. The predicted molar refractivity (Wildman–Crippen MR) is 57.5 cm³/mol. The van der Waals surface area contributed by atoms with Crippen molar-refractivity contribution in [2.45, 2.75) is 40.2 Å². The zero-order valence-electron chi connectivity index (χ0n) is 9.58. The van der Waals surface area contributed by atoms with Gasteiger partial charge in [0.15, 0.2) is 0 Å². The van der Waals surface area contributed by atoms with Crippen molar-refractivity contribution >= 4 is 5.91 Å². The maximum absolute atomic E-state index is 11.2. The van der Waals surface area contributed by atoms with E-state index >= 15 is 0 Å². The molecule has 0 aliphatic carbocycles. The van der Waals surface area contributed by atoms with Gasteiger partial charge in [0.2, 0.25) is 5.91 Å². The van der Waals surface area contributed by atoms with Gasteiger partial charge in [0, 0.05) is 6.54 Å². The first-order valence-electron chi connectivity index (χ1n) is 5.06. The third-order valence-corrected chi connectivity index (χ3v) is 1.61. The lowest BCUT2D eigenvalue weighted by atomic mass is 10.3. The monoisotopic (exact) mass is 199 g/mol. The van der Waals surface area contributed by atoms with Crippen molar-refractivity contribution in [3.8, 4) is 6.07 Å². The van der Waals surface area contributed by atoms with Gasteiger partial charge >= 0.3 is 0 Å². The van der Waals surface area contributed by atoms with Crippen LogP contribution in [0.5, 0.6) is 0 Å². The van der Waals surface area contributed by atoms with Gasteiger partial charge in [-0.15, -0.1) is 0 Å². The average molecular weight is 199 g/mol. The summed E-state index contributed by atoms with van der Waals surface area (Å²) in [5, 5.41) is 8.59. The maximum Gasteiger partial charge on any atom is 0.237 e. The lowest BCUT2D eigenvalue weighted by Gasteiger charge is -2.23. The van der Waals surface area contributed by atoms with Crippen molar-refractivity contribution in [2.75, 3.05) is 13.1 Å². The Morgan fingerprint density at radius 1 is 1.57 bits per heavy atom. The molecule has 4 heteroatoms.